The van der Waals surface area contributed by atoms with Gasteiger partial charge < -0.3 is 4.74 Å². The average molecular weight is 185 g/mol. The van der Waals surface area contributed by atoms with Gasteiger partial charge in [-0.3, -0.25) is 9.69 Å². The van der Waals surface area contributed by atoms with E-state index < -0.39 is 0 Å². The second kappa shape index (κ2) is 4.09. The quantitative estimate of drug-likeness (QED) is 0.623. The molecular weight excluding hydrogens is 166 g/mol. The largest absolute Gasteiger partial charge is 0.465 e. The minimum absolute atomic E-state index is 0.183. The van der Waals surface area contributed by atoms with Crippen LogP contribution in [0.5, 0.6) is 0 Å². The third-order valence-corrected chi connectivity index (χ3v) is 2.74. The molecule has 1 rings (SSSR count). The van der Waals surface area contributed by atoms with Gasteiger partial charge in [0.1, 0.15) is 6.61 Å². The third-order valence-electron chi connectivity index (χ3n) is 2.74. The molecule has 13 heavy (non-hydrogen) atoms. The van der Waals surface area contributed by atoms with E-state index in [-0.39, 0.29) is 5.97 Å². The SMILES string of the molecule is CC(=O)OCCN1CCCC1(C)C. The molecule has 0 amide bonds. The van der Waals surface area contributed by atoms with Crippen LogP contribution in [0.1, 0.15) is 33.6 Å². The molecule has 76 valence electrons. The lowest BCUT2D eigenvalue weighted by Crippen LogP contribution is -2.40. The Balaban J connectivity index is 2.25. The molecule has 0 aliphatic carbocycles. The molecular formula is C10H19NO2. The summed E-state index contributed by atoms with van der Waals surface area (Å²) >= 11 is 0. The summed E-state index contributed by atoms with van der Waals surface area (Å²) in [5.41, 5.74) is 0.292. The predicted molar refractivity (Wildman–Crippen MR) is 51.5 cm³/mol. The predicted octanol–water partition coefficient (Wildman–Crippen LogP) is 1.42. The lowest BCUT2D eigenvalue weighted by Gasteiger charge is -2.31. The molecule has 3 heteroatoms. The third kappa shape index (κ3) is 2.99. The molecule has 0 aromatic carbocycles. The van der Waals surface area contributed by atoms with Gasteiger partial charge in [0.25, 0.3) is 0 Å². The summed E-state index contributed by atoms with van der Waals surface area (Å²) in [5, 5.41) is 0. The van der Waals surface area contributed by atoms with E-state index in [1.165, 1.54) is 19.8 Å². The van der Waals surface area contributed by atoms with E-state index >= 15 is 0 Å². The summed E-state index contributed by atoms with van der Waals surface area (Å²) < 4.78 is 4.92. The lowest BCUT2D eigenvalue weighted by atomic mass is 10.0. The number of carbonyl (C=O) groups excluding carboxylic acids is 1. The van der Waals surface area contributed by atoms with Gasteiger partial charge >= 0.3 is 5.97 Å². The van der Waals surface area contributed by atoms with Crippen molar-refractivity contribution >= 4 is 5.97 Å². The summed E-state index contributed by atoms with van der Waals surface area (Å²) in [7, 11) is 0. The van der Waals surface area contributed by atoms with Crippen LogP contribution in [0.25, 0.3) is 0 Å². The van der Waals surface area contributed by atoms with Crippen LogP contribution in [0.3, 0.4) is 0 Å². The van der Waals surface area contributed by atoms with E-state index in [0.717, 1.165) is 13.1 Å². The van der Waals surface area contributed by atoms with Gasteiger partial charge in [-0.15, -0.1) is 0 Å². The Hall–Kier alpha value is -0.570. The Morgan fingerprint density at radius 1 is 1.54 bits per heavy atom. The highest BCUT2D eigenvalue weighted by Crippen LogP contribution is 2.27. The van der Waals surface area contributed by atoms with Gasteiger partial charge in [0.2, 0.25) is 0 Å². The number of ether oxygens (including phenoxy) is 1. The number of likely N-dealkylation sites (tertiary alicyclic amines) is 1. The molecule has 0 aromatic heterocycles. The Bertz CT molecular complexity index is 189. The maximum Gasteiger partial charge on any atom is 0.302 e. The van der Waals surface area contributed by atoms with Gasteiger partial charge in [-0.25, -0.2) is 0 Å². The molecule has 0 N–H and O–H groups in total. The fourth-order valence-electron chi connectivity index (χ4n) is 1.88. The standard InChI is InChI=1S/C10H19NO2/c1-9(12)13-8-7-11-6-4-5-10(11,2)3/h4-8H2,1-3H3. The fourth-order valence-corrected chi connectivity index (χ4v) is 1.88. The van der Waals surface area contributed by atoms with Gasteiger partial charge in [0, 0.05) is 19.0 Å². The van der Waals surface area contributed by atoms with E-state index in [4.69, 9.17) is 4.74 Å². The van der Waals surface area contributed by atoms with E-state index in [0.29, 0.717) is 12.1 Å². The van der Waals surface area contributed by atoms with Gasteiger partial charge in [-0.2, -0.15) is 0 Å². The molecule has 0 aromatic rings. The number of rotatable bonds is 3. The van der Waals surface area contributed by atoms with Crippen LogP contribution in [0.4, 0.5) is 0 Å². The summed E-state index contributed by atoms with van der Waals surface area (Å²) in [6, 6.07) is 0. The number of hydrogen-bond donors (Lipinski definition) is 0. The van der Waals surface area contributed by atoms with Gasteiger partial charge in [0.05, 0.1) is 0 Å². The maximum absolute atomic E-state index is 10.5. The highest BCUT2D eigenvalue weighted by Gasteiger charge is 2.31. The summed E-state index contributed by atoms with van der Waals surface area (Å²) in [5.74, 6) is -0.183. The Morgan fingerprint density at radius 2 is 2.23 bits per heavy atom. The Kier molecular flexibility index (Phi) is 3.31. The van der Waals surface area contributed by atoms with E-state index in [9.17, 15) is 4.79 Å². The van der Waals surface area contributed by atoms with Crippen LogP contribution in [0, 0.1) is 0 Å². The number of esters is 1. The molecule has 1 aliphatic heterocycles. The van der Waals surface area contributed by atoms with Crippen molar-refractivity contribution in [1.29, 1.82) is 0 Å². The maximum atomic E-state index is 10.5. The highest BCUT2D eigenvalue weighted by molar-refractivity contribution is 5.65. The molecule has 1 aliphatic rings. The van der Waals surface area contributed by atoms with Crippen LogP contribution in [0.15, 0.2) is 0 Å². The van der Waals surface area contributed by atoms with Crippen molar-refractivity contribution < 1.29 is 9.53 Å². The van der Waals surface area contributed by atoms with Crippen molar-refractivity contribution in [1.82, 2.24) is 4.90 Å². The van der Waals surface area contributed by atoms with Crippen LogP contribution in [-0.2, 0) is 9.53 Å². The van der Waals surface area contributed by atoms with Crippen LogP contribution >= 0.6 is 0 Å². The van der Waals surface area contributed by atoms with Gasteiger partial charge in [-0.05, 0) is 33.2 Å². The first-order valence-electron chi connectivity index (χ1n) is 4.91. The van der Waals surface area contributed by atoms with Gasteiger partial charge in [-0.1, -0.05) is 0 Å². The zero-order valence-electron chi connectivity index (χ0n) is 8.80. The smallest absolute Gasteiger partial charge is 0.302 e. The first kappa shape index (κ1) is 10.5. The first-order chi connectivity index (χ1) is 6.02. The summed E-state index contributed by atoms with van der Waals surface area (Å²) in [6.07, 6.45) is 2.50. The zero-order chi connectivity index (χ0) is 9.90. The minimum atomic E-state index is -0.183. The lowest BCUT2D eigenvalue weighted by molar-refractivity contribution is -0.141. The molecule has 0 bridgehead atoms. The minimum Gasteiger partial charge on any atom is -0.465 e. The Labute approximate surface area is 80.1 Å². The first-order valence-corrected chi connectivity index (χ1v) is 4.91. The van der Waals surface area contributed by atoms with Crippen molar-refractivity contribution in [3.63, 3.8) is 0 Å². The van der Waals surface area contributed by atoms with Crippen molar-refractivity contribution in [3.05, 3.63) is 0 Å². The van der Waals surface area contributed by atoms with Crippen molar-refractivity contribution in [2.75, 3.05) is 19.7 Å². The second-order valence-electron chi connectivity index (χ2n) is 4.24. The molecule has 1 saturated heterocycles. The normalized spacial score (nSPS) is 21.8. The zero-order valence-corrected chi connectivity index (χ0v) is 8.80. The molecule has 0 radical (unpaired) electrons. The topological polar surface area (TPSA) is 29.5 Å². The van der Waals surface area contributed by atoms with Crippen LogP contribution in [-0.4, -0.2) is 36.1 Å². The van der Waals surface area contributed by atoms with Gasteiger partial charge in [0.15, 0.2) is 0 Å². The molecule has 1 fully saturated rings. The average Bonchev–Trinajstić information content (AvgIpc) is 2.30. The summed E-state index contributed by atoms with van der Waals surface area (Å²) in [4.78, 5) is 12.9. The second-order valence-corrected chi connectivity index (χ2v) is 4.24. The monoisotopic (exact) mass is 185 g/mol. The van der Waals surface area contributed by atoms with Crippen LogP contribution in [0.2, 0.25) is 0 Å². The van der Waals surface area contributed by atoms with E-state index in [1.807, 2.05) is 0 Å². The Morgan fingerprint density at radius 3 is 2.69 bits per heavy atom. The molecule has 0 saturated carbocycles. The van der Waals surface area contributed by atoms with Crippen molar-refractivity contribution in [3.8, 4) is 0 Å². The number of nitrogens with zero attached hydrogens (tertiary/aromatic N) is 1. The molecule has 0 atom stereocenters. The van der Waals surface area contributed by atoms with Crippen molar-refractivity contribution in [2.45, 2.75) is 39.2 Å². The summed E-state index contributed by atoms with van der Waals surface area (Å²) in [6.45, 7) is 8.47. The van der Waals surface area contributed by atoms with Crippen molar-refractivity contribution in [2.24, 2.45) is 0 Å². The molecule has 3 nitrogen and oxygen atoms in total. The number of carbonyl (C=O) groups is 1. The highest BCUT2D eigenvalue weighted by atomic mass is 16.5. The molecule has 0 spiro atoms. The number of hydrogen-bond acceptors (Lipinski definition) is 3. The molecule has 0 unspecified atom stereocenters. The molecule has 1 heterocycles. The van der Waals surface area contributed by atoms with Crippen LogP contribution < -0.4 is 0 Å². The van der Waals surface area contributed by atoms with E-state index in [2.05, 4.69) is 18.7 Å². The van der Waals surface area contributed by atoms with E-state index in [1.54, 1.807) is 0 Å². The fraction of sp³-hybridized carbons (Fsp3) is 0.900.